The Morgan fingerprint density at radius 3 is 1.97 bits per heavy atom. The topological polar surface area (TPSA) is 9.23 Å². The molecule has 2 aliphatic rings. The Hall–Kier alpha value is -1.08. The van der Waals surface area contributed by atoms with E-state index in [0.29, 0.717) is 12.0 Å². The Balaban J connectivity index is 0.000000229. The van der Waals surface area contributed by atoms with Gasteiger partial charge in [0.05, 0.1) is 6.10 Å². The number of ether oxygens (including phenoxy) is 1. The van der Waals surface area contributed by atoms with E-state index in [2.05, 4.69) is 92.2 Å². The van der Waals surface area contributed by atoms with Crippen LogP contribution in [-0.2, 0) is 4.74 Å². The van der Waals surface area contributed by atoms with Crippen LogP contribution in [0.5, 0.6) is 0 Å². The number of benzene rings is 1. The van der Waals surface area contributed by atoms with E-state index in [1.807, 2.05) is 0 Å². The molecular weight excluding hydrogens is 388 g/mol. The van der Waals surface area contributed by atoms with E-state index >= 15 is 0 Å². The van der Waals surface area contributed by atoms with Gasteiger partial charge in [-0.05, 0) is 65.6 Å². The molecule has 0 aliphatic heterocycles. The molecule has 0 bridgehead atoms. The summed E-state index contributed by atoms with van der Waals surface area (Å²) in [7, 11) is 0. The van der Waals surface area contributed by atoms with Crippen molar-refractivity contribution in [3.8, 4) is 0 Å². The van der Waals surface area contributed by atoms with Crippen LogP contribution in [0.4, 0.5) is 0 Å². The van der Waals surface area contributed by atoms with Crippen molar-refractivity contribution in [2.24, 2.45) is 23.2 Å². The minimum atomic E-state index is 0.284. The second kappa shape index (κ2) is 13.0. The molecular formula is C31H51O. The van der Waals surface area contributed by atoms with Gasteiger partial charge in [0.25, 0.3) is 0 Å². The van der Waals surface area contributed by atoms with Crippen LogP contribution in [0.15, 0.2) is 30.3 Å². The van der Waals surface area contributed by atoms with E-state index in [-0.39, 0.29) is 5.41 Å². The van der Waals surface area contributed by atoms with Crippen molar-refractivity contribution in [1.29, 1.82) is 0 Å². The SMILES string of the molecule is CC(C)CC(c1ccc(C2=C[CH]2)cc1)C(C)C.CC(OCCC1CCCCC1)C(C)(C)C. The van der Waals surface area contributed by atoms with Crippen molar-refractivity contribution in [1.82, 2.24) is 0 Å². The van der Waals surface area contributed by atoms with Crippen LogP contribution in [0.25, 0.3) is 5.57 Å². The van der Waals surface area contributed by atoms with Gasteiger partial charge >= 0.3 is 0 Å². The molecule has 1 aromatic carbocycles. The predicted octanol–water partition coefficient (Wildman–Crippen LogP) is 9.48. The predicted molar refractivity (Wildman–Crippen MR) is 142 cm³/mol. The van der Waals surface area contributed by atoms with E-state index in [4.69, 9.17) is 4.74 Å². The molecule has 1 fully saturated rings. The zero-order valence-electron chi connectivity index (χ0n) is 22.4. The summed E-state index contributed by atoms with van der Waals surface area (Å²) in [5.41, 5.74) is 4.54. The Bertz CT molecular complexity index is 667. The van der Waals surface area contributed by atoms with Crippen LogP contribution in [0, 0.1) is 29.6 Å². The summed E-state index contributed by atoms with van der Waals surface area (Å²) in [6.07, 6.45) is 14.5. The maximum absolute atomic E-state index is 5.91. The molecule has 1 radical (unpaired) electrons. The molecule has 32 heavy (non-hydrogen) atoms. The summed E-state index contributed by atoms with van der Waals surface area (Å²) in [5.74, 6) is 3.13. The lowest BCUT2D eigenvalue weighted by molar-refractivity contribution is -0.0118. The highest BCUT2D eigenvalue weighted by molar-refractivity contribution is 5.87. The highest BCUT2D eigenvalue weighted by Crippen LogP contribution is 2.34. The molecule has 1 saturated carbocycles. The average molecular weight is 440 g/mol. The monoisotopic (exact) mass is 439 g/mol. The number of rotatable bonds is 9. The van der Waals surface area contributed by atoms with E-state index in [0.717, 1.165) is 24.4 Å². The highest BCUT2D eigenvalue weighted by Gasteiger charge is 2.21. The number of hydrogen-bond donors (Lipinski definition) is 0. The summed E-state index contributed by atoms with van der Waals surface area (Å²) in [6, 6.07) is 9.16. The smallest absolute Gasteiger partial charge is 0.0595 e. The second-order valence-electron chi connectivity index (χ2n) is 12.1. The summed E-state index contributed by atoms with van der Waals surface area (Å²) in [6.45, 7) is 19.2. The Kier molecular flexibility index (Phi) is 11.0. The fourth-order valence-electron chi connectivity index (χ4n) is 4.60. The van der Waals surface area contributed by atoms with Gasteiger partial charge in [-0.3, -0.25) is 0 Å². The zero-order chi connectivity index (χ0) is 23.7. The molecule has 2 aliphatic carbocycles. The van der Waals surface area contributed by atoms with Crippen LogP contribution in [0.1, 0.15) is 117 Å². The van der Waals surface area contributed by atoms with Crippen LogP contribution in [0.2, 0.25) is 0 Å². The van der Waals surface area contributed by atoms with Crippen LogP contribution < -0.4 is 0 Å². The first-order chi connectivity index (χ1) is 15.1. The third-order valence-corrected chi connectivity index (χ3v) is 7.37. The molecule has 2 atom stereocenters. The molecule has 0 aromatic heterocycles. The first-order valence-electron chi connectivity index (χ1n) is 13.3. The molecule has 3 rings (SSSR count). The van der Waals surface area contributed by atoms with Crippen LogP contribution in [0.3, 0.4) is 0 Å². The van der Waals surface area contributed by atoms with Gasteiger partial charge in [0.1, 0.15) is 0 Å². The molecule has 1 nitrogen and oxygen atoms in total. The Morgan fingerprint density at radius 2 is 1.50 bits per heavy atom. The first-order valence-corrected chi connectivity index (χ1v) is 13.3. The Labute approximate surface area is 200 Å². The maximum Gasteiger partial charge on any atom is 0.0595 e. The van der Waals surface area contributed by atoms with Gasteiger partial charge in [0.15, 0.2) is 0 Å². The minimum absolute atomic E-state index is 0.284. The summed E-state index contributed by atoms with van der Waals surface area (Å²) >= 11 is 0. The normalized spacial score (nSPS) is 18.8. The maximum atomic E-state index is 5.91. The second-order valence-corrected chi connectivity index (χ2v) is 12.1. The van der Waals surface area contributed by atoms with Gasteiger partial charge < -0.3 is 4.74 Å². The minimum Gasteiger partial charge on any atom is -0.378 e. The van der Waals surface area contributed by atoms with Crippen LogP contribution in [-0.4, -0.2) is 12.7 Å². The quantitative estimate of drug-likeness (QED) is 0.372. The average Bonchev–Trinajstić information content (AvgIpc) is 3.58. The van der Waals surface area contributed by atoms with Crippen molar-refractivity contribution in [2.45, 2.75) is 112 Å². The van der Waals surface area contributed by atoms with Crippen molar-refractivity contribution < 1.29 is 4.74 Å². The van der Waals surface area contributed by atoms with E-state index in [9.17, 15) is 0 Å². The zero-order valence-corrected chi connectivity index (χ0v) is 22.4. The van der Waals surface area contributed by atoms with Crippen LogP contribution >= 0.6 is 0 Å². The summed E-state index contributed by atoms with van der Waals surface area (Å²) in [5, 5.41) is 0. The molecule has 1 aromatic rings. The molecule has 2 unspecified atom stereocenters. The van der Waals surface area contributed by atoms with E-state index < -0.39 is 0 Å². The Morgan fingerprint density at radius 1 is 0.906 bits per heavy atom. The molecule has 0 N–H and O–H groups in total. The third kappa shape index (κ3) is 9.82. The number of hydrogen-bond acceptors (Lipinski definition) is 1. The van der Waals surface area contributed by atoms with Gasteiger partial charge in [0.2, 0.25) is 0 Å². The third-order valence-electron chi connectivity index (χ3n) is 7.37. The molecule has 0 spiro atoms. The fourth-order valence-corrected chi connectivity index (χ4v) is 4.60. The van der Waals surface area contributed by atoms with Crippen molar-refractivity contribution in [3.05, 3.63) is 47.9 Å². The molecule has 0 heterocycles. The number of allylic oxidation sites excluding steroid dienone is 2. The summed E-state index contributed by atoms with van der Waals surface area (Å²) < 4.78 is 5.91. The lowest BCUT2D eigenvalue weighted by Gasteiger charge is -2.28. The van der Waals surface area contributed by atoms with Gasteiger partial charge in [-0.15, -0.1) is 0 Å². The molecule has 1 heteroatoms. The van der Waals surface area contributed by atoms with Crippen molar-refractivity contribution >= 4 is 5.57 Å². The summed E-state index contributed by atoms with van der Waals surface area (Å²) in [4.78, 5) is 0. The molecule has 0 saturated heterocycles. The van der Waals surface area contributed by atoms with E-state index in [1.165, 1.54) is 61.6 Å². The van der Waals surface area contributed by atoms with Gasteiger partial charge in [-0.2, -0.15) is 0 Å². The lowest BCUT2D eigenvalue weighted by Crippen LogP contribution is -2.27. The molecule has 181 valence electrons. The van der Waals surface area contributed by atoms with Crippen molar-refractivity contribution in [3.63, 3.8) is 0 Å². The van der Waals surface area contributed by atoms with E-state index in [1.54, 1.807) is 0 Å². The standard InChI is InChI=1S/C17H23.C14H28O/c1-12(2)11-17(13(3)4)16-9-7-15(8-10-16)14-5-6-14;1-12(14(2,3)4)15-11-10-13-8-6-5-7-9-13/h5-10,12-13,17H,11H2,1-4H3;12-13H,5-11H2,1-4H3. The van der Waals surface area contributed by atoms with Gasteiger partial charge in [-0.1, -0.05) is 111 Å². The van der Waals surface area contributed by atoms with Crippen molar-refractivity contribution in [2.75, 3.05) is 6.61 Å². The lowest BCUT2D eigenvalue weighted by atomic mass is 9.82. The fraction of sp³-hybridized carbons (Fsp3) is 0.710. The first kappa shape index (κ1) is 27.2. The highest BCUT2D eigenvalue weighted by atomic mass is 16.5. The largest absolute Gasteiger partial charge is 0.378 e. The van der Waals surface area contributed by atoms with Gasteiger partial charge in [-0.25, -0.2) is 0 Å². The molecule has 0 amide bonds. The van der Waals surface area contributed by atoms with Gasteiger partial charge in [0, 0.05) is 13.0 Å².